The van der Waals surface area contributed by atoms with Crippen molar-refractivity contribution in [3.8, 4) is 11.5 Å². The summed E-state index contributed by atoms with van der Waals surface area (Å²) in [6.07, 6.45) is 2.20. The molecule has 0 fully saturated rings. The molecule has 1 amide bonds. The molecule has 2 heterocycles. The van der Waals surface area contributed by atoms with E-state index >= 15 is 0 Å². The van der Waals surface area contributed by atoms with E-state index in [0.29, 0.717) is 26.1 Å². The standard InChI is InChI=1S/C16H21N3O3/c1-21-12-4-5-14-13(9-12)16-11(10-22-14)8-15(20)19(18-16)7-3-2-6-17/h4-5,9,11H,2-3,6-8,10,17H2,1H3. The number of fused-ring (bicyclic) bond motifs is 3. The summed E-state index contributed by atoms with van der Waals surface area (Å²) < 4.78 is 11.0. The van der Waals surface area contributed by atoms with Crippen LogP contribution in [0.25, 0.3) is 0 Å². The highest BCUT2D eigenvalue weighted by Crippen LogP contribution is 2.34. The molecule has 0 radical (unpaired) electrons. The van der Waals surface area contributed by atoms with E-state index in [9.17, 15) is 4.79 Å². The average molecular weight is 303 g/mol. The largest absolute Gasteiger partial charge is 0.497 e. The first kappa shape index (κ1) is 14.8. The van der Waals surface area contributed by atoms with Crippen LogP contribution in [-0.2, 0) is 4.79 Å². The van der Waals surface area contributed by atoms with E-state index in [2.05, 4.69) is 5.10 Å². The number of hydrogen-bond acceptors (Lipinski definition) is 5. The Kier molecular flexibility index (Phi) is 4.29. The van der Waals surface area contributed by atoms with Crippen LogP contribution in [-0.4, -0.2) is 43.4 Å². The smallest absolute Gasteiger partial charge is 0.243 e. The number of hydrazone groups is 1. The molecule has 2 aliphatic rings. The Hall–Kier alpha value is -2.08. The van der Waals surface area contributed by atoms with Gasteiger partial charge in [0.1, 0.15) is 11.5 Å². The average Bonchev–Trinajstić information content (AvgIpc) is 2.55. The number of nitrogens with zero attached hydrogens (tertiary/aromatic N) is 2. The third kappa shape index (κ3) is 2.78. The van der Waals surface area contributed by atoms with Gasteiger partial charge in [0, 0.05) is 24.4 Å². The first-order valence-electron chi connectivity index (χ1n) is 7.63. The lowest BCUT2D eigenvalue weighted by atomic mass is 9.90. The topological polar surface area (TPSA) is 77.1 Å². The predicted octanol–water partition coefficient (Wildman–Crippen LogP) is 1.38. The summed E-state index contributed by atoms with van der Waals surface area (Å²) in [6.45, 7) is 1.75. The number of hydrogen-bond donors (Lipinski definition) is 1. The van der Waals surface area contributed by atoms with Crippen LogP contribution in [0.1, 0.15) is 24.8 Å². The van der Waals surface area contributed by atoms with Crippen LogP contribution in [0, 0.1) is 5.92 Å². The molecule has 0 saturated heterocycles. The zero-order chi connectivity index (χ0) is 15.5. The van der Waals surface area contributed by atoms with Gasteiger partial charge < -0.3 is 15.2 Å². The molecule has 0 aromatic heterocycles. The first-order valence-corrected chi connectivity index (χ1v) is 7.63. The second-order valence-corrected chi connectivity index (χ2v) is 5.57. The van der Waals surface area contributed by atoms with Crippen LogP contribution in [0.15, 0.2) is 23.3 Å². The van der Waals surface area contributed by atoms with E-state index in [1.165, 1.54) is 0 Å². The molecule has 2 N–H and O–H groups in total. The summed E-state index contributed by atoms with van der Waals surface area (Å²) in [5.74, 6) is 1.64. The van der Waals surface area contributed by atoms with Gasteiger partial charge in [-0.2, -0.15) is 5.10 Å². The molecule has 1 aromatic rings. The van der Waals surface area contributed by atoms with Crippen molar-refractivity contribution in [1.29, 1.82) is 0 Å². The molecule has 1 aromatic carbocycles. The number of amides is 1. The van der Waals surface area contributed by atoms with E-state index in [1.54, 1.807) is 12.1 Å². The van der Waals surface area contributed by atoms with Crippen LogP contribution in [0.5, 0.6) is 11.5 Å². The van der Waals surface area contributed by atoms with Gasteiger partial charge in [-0.15, -0.1) is 0 Å². The lowest BCUT2D eigenvalue weighted by molar-refractivity contribution is -0.133. The number of methoxy groups -OCH3 is 1. The molecule has 1 unspecified atom stereocenters. The van der Waals surface area contributed by atoms with Crippen molar-refractivity contribution in [3.63, 3.8) is 0 Å². The van der Waals surface area contributed by atoms with Crippen molar-refractivity contribution in [2.75, 3.05) is 26.8 Å². The number of nitrogens with two attached hydrogens (primary N) is 1. The van der Waals surface area contributed by atoms with Crippen molar-refractivity contribution in [2.24, 2.45) is 16.8 Å². The molecule has 6 heteroatoms. The van der Waals surface area contributed by atoms with Crippen molar-refractivity contribution in [1.82, 2.24) is 5.01 Å². The summed E-state index contributed by atoms with van der Waals surface area (Å²) in [4.78, 5) is 12.2. The number of benzene rings is 1. The Bertz CT molecular complexity index is 600. The van der Waals surface area contributed by atoms with Gasteiger partial charge in [0.15, 0.2) is 0 Å². The molecular formula is C16H21N3O3. The highest BCUT2D eigenvalue weighted by molar-refractivity contribution is 6.08. The van der Waals surface area contributed by atoms with E-state index in [0.717, 1.165) is 35.6 Å². The molecule has 6 nitrogen and oxygen atoms in total. The number of carbonyl (C=O) groups excluding carboxylic acids is 1. The number of ether oxygens (including phenoxy) is 2. The van der Waals surface area contributed by atoms with Crippen molar-refractivity contribution in [2.45, 2.75) is 19.3 Å². The minimum Gasteiger partial charge on any atom is -0.497 e. The maximum Gasteiger partial charge on any atom is 0.243 e. The Balaban J connectivity index is 1.90. The summed E-state index contributed by atoms with van der Waals surface area (Å²) in [5.41, 5.74) is 7.36. The van der Waals surface area contributed by atoms with Gasteiger partial charge in [0.2, 0.25) is 5.91 Å². The fourth-order valence-corrected chi connectivity index (χ4v) is 2.83. The van der Waals surface area contributed by atoms with Gasteiger partial charge in [-0.25, -0.2) is 5.01 Å². The lowest BCUT2D eigenvalue weighted by Crippen LogP contribution is -2.41. The molecule has 0 saturated carbocycles. The predicted molar refractivity (Wildman–Crippen MR) is 83.1 cm³/mol. The number of rotatable bonds is 5. The van der Waals surface area contributed by atoms with Crippen LogP contribution >= 0.6 is 0 Å². The quantitative estimate of drug-likeness (QED) is 0.834. The molecule has 118 valence electrons. The van der Waals surface area contributed by atoms with E-state index in [4.69, 9.17) is 15.2 Å². The summed E-state index contributed by atoms with van der Waals surface area (Å²) in [7, 11) is 1.63. The van der Waals surface area contributed by atoms with Gasteiger partial charge in [-0.05, 0) is 37.6 Å². The molecule has 0 bridgehead atoms. The Morgan fingerprint density at radius 1 is 1.45 bits per heavy atom. The second-order valence-electron chi connectivity index (χ2n) is 5.57. The fraction of sp³-hybridized carbons (Fsp3) is 0.500. The summed E-state index contributed by atoms with van der Waals surface area (Å²) >= 11 is 0. The van der Waals surface area contributed by atoms with Gasteiger partial charge in [-0.3, -0.25) is 4.79 Å². The minimum atomic E-state index is 0.0258. The van der Waals surface area contributed by atoms with E-state index < -0.39 is 0 Å². The highest BCUT2D eigenvalue weighted by Gasteiger charge is 2.35. The highest BCUT2D eigenvalue weighted by atomic mass is 16.5. The van der Waals surface area contributed by atoms with Gasteiger partial charge in [0.05, 0.1) is 19.4 Å². The zero-order valence-corrected chi connectivity index (χ0v) is 12.7. The van der Waals surface area contributed by atoms with Gasteiger partial charge >= 0.3 is 0 Å². The van der Waals surface area contributed by atoms with Gasteiger partial charge in [-0.1, -0.05) is 0 Å². The maximum atomic E-state index is 12.2. The zero-order valence-electron chi connectivity index (χ0n) is 12.7. The van der Waals surface area contributed by atoms with Crippen molar-refractivity contribution >= 4 is 11.6 Å². The molecule has 1 atom stereocenters. The number of unbranched alkanes of at least 4 members (excludes halogenated alkanes) is 1. The molecular weight excluding hydrogens is 282 g/mol. The fourth-order valence-electron chi connectivity index (χ4n) is 2.83. The second kappa shape index (κ2) is 6.36. The van der Waals surface area contributed by atoms with Crippen LogP contribution in [0.3, 0.4) is 0 Å². The van der Waals surface area contributed by atoms with Crippen LogP contribution < -0.4 is 15.2 Å². The van der Waals surface area contributed by atoms with Gasteiger partial charge in [0.25, 0.3) is 0 Å². The molecule has 2 aliphatic heterocycles. The lowest BCUT2D eigenvalue weighted by Gasteiger charge is -2.33. The number of carbonyl (C=O) groups is 1. The van der Waals surface area contributed by atoms with Crippen LogP contribution in [0.2, 0.25) is 0 Å². The molecule has 22 heavy (non-hydrogen) atoms. The van der Waals surface area contributed by atoms with Crippen molar-refractivity contribution < 1.29 is 14.3 Å². The maximum absolute atomic E-state index is 12.2. The normalized spacial score (nSPS) is 19.9. The van der Waals surface area contributed by atoms with E-state index in [-0.39, 0.29) is 11.8 Å². The van der Waals surface area contributed by atoms with Crippen molar-refractivity contribution in [3.05, 3.63) is 23.8 Å². The molecule has 3 rings (SSSR count). The van der Waals surface area contributed by atoms with E-state index in [1.807, 2.05) is 18.2 Å². The monoisotopic (exact) mass is 303 g/mol. The first-order chi connectivity index (χ1) is 10.7. The molecule has 0 aliphatic carbocycles. The summed E-state index contributed by atoms with van der Waals surface area (Å²) in [5, 5.41) is 6.18. The SMILES string of the molecule is COc1ccc2c(c1)C1=NN(CCCCN)C(=O)CC1CO2. The third-order valence-corrected chi connectivity index (χ3v) is 4.05. The third-order valence-electron chi connectivity index (χ3n) is 4.05. The summed E-state index contributed by atoms with van der Waals surface area (Å²) in [6, 6.07) is 5.68. The minimum absolute atomic E-state index is 0.0258. The van der Waals surface area contributed by atoms with Crippen LogP contribution in [0.4, 0.5) is 0 Å². The Labute approximate surface area is 129 Å². The molecule has 0 spiro atoms. The Morgan fingerprint density at radius 2 is 2.32 bits per heavy atom. The Morgan fingerprint density at radius 3 is 3.09 bits per heavy atom.